The minimum absolute atomic E-state index is 0.0926. The molecule has 1 amide bonds. The summed E-state index contributed by atoms with van der Waals surface area (Å²) in [6.07, 6.45) is 7.55. The third-order valence-electron chi connectivity index (χ3n) is 5.59. The van der Waals surface area contributed by atoms with E-state index in [2.05, 4.69) is 12.1 Å². The number of carboxylic acids is 1. The second-order valence-electron chi connectivity index (χ2n) is 8.22. The molecule has 7 heteroatoms. The summed E-state index contributed by atoms with van der Waals surface area (Å²) in [5.74, 6) is -5.39. The Balaban J connectivity index is 1.74. The number of aryl methyl sites for hydroxylation is 1. The highest BCUT2D eigenvalue weighted by Gasteiger charge is 2.52. The fourth-order valence-corrected chi connectivity index (χ4v) is 3.85. The second kappa shape index (κ2) is 12.5. The standard InChI is InChI=1S/C24H33F2NO4/c25-24(26)18-20(27(23(24)31)17-9-2-1-6-14-22(29)30)15-16-21(28)13-8-7-12-19-10-4-3-5-11-19/h3-5,10-11,15-16,20-21,28H,1-2,6-9,12-14,17-18H2,(H,29,30)/t20-,21?/m0/s1. The molecule has 0 bridgehead atoms. The van der Waals surface area contributed by atoms with Crippen molar-refractivity contribution in [3.63, 3.8) is 0 Å². The predicted molar refractivity (Wildman–Crippen MR) is 115 cm³/mol. The Kier molecular flexibility index (Phi) is 10.1. The summed E-state index contributed by atoms with van der Waals surface area (Å²) in [4.78, 5) is 23.7. The van der Waals surface area contributed by atoms with Crippen LogP contribution in [0.4, 0.5) is 8.78 Å². The summed E-state index contributed by atoms with van der Waals surface area (Å²) < 4.78 is 27.9. The van der Waals surface area contributed by atoms with E-state index in [0.717, 1.165) is 19.3 Å². The molecule has 1 saturated heterocycles. The Hall–Kier alpha value is -2.28. The summed E-state index contributed by atoms with van der Waals surface area (Å²) in [5, 5.41) is 18.8. The van der Waals surface area contributed by atoms with Gasteiger partial charge >= 0.3 is 11.9 Å². The Bertz CT molecular complexity index is 724. The number of aliphatic hydroxyl groups is 1. The van der Waals surface area contributed by atoms with Crippen LogP contribution in [-0.4, -0.2) is 51.6 Å². The van der Waals surface area contributed by atoms with Crippen molar-refractivity contribution in [2.24, 2.45) is 0 Å². The molecule has 172 valence electrons. The number of hydrogen-bond donors (Lipinski definition) is 2. The highest BCUT2D eigenvalue weighted by molar-refractivity contribution is 5.86. The van der Waals surface area contributed by atoms with Gasteiger partial charge in [-0.25, -0.2) is 0 Å². The normalized spacial score (nSPS) is 19.3. The van der Waals surface area contributed by atoms with Crippen molar-refractivity contribution < 1.29 is 28.6 Å². The van der Waals surface area contributed by atoms with Crippen molar-refractivity contribution in [1.82, 2.24) is 4.90 Å². The molecule has 1 heterocycles. The van der Waals surface area contributed by atoms with Gasteiger partial charge in [-0.1, -0.05) is 61.7 Å². The predicted octanol–water partition coefficient (Wildman–Crippen LogP) is 4.59. The van der Waals surface area contributed by atoms with Gasteiger partial charge in [0.25, 0.3) is 5.91 Å². The van der Waals surface area contributed by atoms with Crippen molar-refractivity contribution in [3.05, 3.63) is 48.0 Å². The molecule has 1 fully saturated rings. The fourth-order valence-electron chi connectivity index (χ4n) is 3.85. The van der Waals surface area contributed by atoms with Gasteiger partial charge in [0.2, 0.25) is 0 Å². The Labute approximate surface area is 182 Å². The number of carbonyl (C=O) groups excluding carboxylic acids is 1. The quantitative estimate of drug-likeness (QED) is 0.330. The number of hydrogen-bond acceptors (Lipinski definition) is 3. The largest absolute Gasteiger partial charge is 0.481 e. The Morgan fingerprint density at radius 1 is 1.13 bits per heavy atom. The number of rotatable bonds is 14. The van der Waals surface area contributed by atoms with Crippen LogP contribution < -0.4 is 0 Å². The first kappa shape index (κ1) is 25.0. The van der Waals surface area contributed by atoms with E-state index in [9.17, 15) is 23.5 Å². The molecule has 0 saturated carbocycles. The van der Waals surface area contributed by atoms with Gasteiger partial charge in [-0.05, 0) is 37.7 Å². The van der Waals surface area contributed by atoms with E-state index in [1.807, 2.05) is 18.2 Å². The molecule has 0 aliphatic carbocycles. The molecule has 2 rings (SSSR count). The summed E-state index contributed by atoms with van der Waals surface area (Å²) in [5.41, 5.74) is 1.25. The molecule has 0 spiro atoms. The zero-order valence-electron chi connectivity index (χ0n) is 17.9. The second-order valence-corrected chi connectivity index (χ2v) is 8.22. The van der Waals surface area contributed by atoms with Gasteiger partial charge in [0.1, 0.15) is 0 Å². The third kappa shape index (κ3) is 8.77. The first-order chi connectivity index (χ1) is 14.8. The number of halogens is 2. The van der Waals surface area contributed by atoms with Crippen LogP contribution in [0.3, 0.4) is 0 Å². The SMILES string of the molecule is O=C(O)CCCCCCN1C(=O)C(F)(F)C[C@@H]1C=CC(O)CCCCc1ccccc1. The maximum absolute atomic E-state index is 13.9. The van der Waals surface area contributed by atoms with E-state index in [-0.39, 0.29) is 13.0 Å². The van der Waals surface area contributed by atoms with Crippen molar-refractivity contribution in [2.45, 2.75) is 82.3 Å². The van der Waals surface area contributed by atoms with E-state index in [1.54, 1.807) is 0 Å². The number of carboxylic acid groups (broad SMARTS) is 1. The minimum Gasteiger partial charge on any atom is -0.481 e. The lowest BCUT2D eigenvalue weighted by Crippen LogP contribution is -2.36. The summed E-state index contributed by atoms with van der Waals surface area (Å²) in [6.45, 7) is 0.212. The number of alkyl halides is 2. The molecule has 0 aromatic heterocycles. The summed E-state index contributed by atoms with van der Waals surface area (Å²) in [6, 6.07) is 9.36. The van der Waals surface area contributed by atoms with E-state index < -0.39 is 36.4 Å². The smallest absolute Gasteiger partial charge is 0.327 e. The summed E-state index contributed by atoms with van der Waals surface area (Å²) in [7, 11) is 0. The molecule has 1 aliphatic heterocycles. The van der Waals surface area contributed by atoms with Crippen LogP contribution in [0.2, 0.25) is 0 Å². The van der Waals surface area contributed by atoms with Crippen LogP contribution in [0, 0.1) is 0 Å². The minimum atomic E-state index is -3.38. The third-order valence-corrected chi connectivity index (χ3v) is 5.59. The van der Waals surface area contributed by atoms with Gasteiger partial charge in [-0.2, -0.15) is 8.78 Å². The van der Waals surface area contributed by atoms with Gasteiger partial charge in [-0.15, -0.1) is 0 Å². The van der Waals surface area contributed by atoms with Gasteiger partial charge in [-0.3, -0.25) is 9.59 Å². The molecular formula is C24H33F2NO4. The highest BCUT2D eigenvalue weighted by Crippen LogP contribution is 2.34. The van der Waals surface area contributed by atoms with E-state index in [0.29, 0.717) is 32.1 Å². The maximum atomic E-state index is 13.9. The zero-order chi connectivity index (χ0) is 22.7. The summed E-state index contributed by atoms with van der Waals surface area (Å²) >= 11 is 0. The monoisotopic (exact) mass is 437 g/mol. The maximum Gasteiger partial charge on any atom is 0.327 e. The molecule has 31 heavy (non-hydrogen) atoms. The first-order valence-corrected chi connectivity index (χ1v) is 11.1. The highest BCUT2D eigenvalue weighted by atomic mass is 19.3. The lowest BCUT2D eigenvalue weighted by Gasteiger charge is -2.22. The van der Waals surface area contributed by atoms with Crippen LogP contribution in [0.5, 0.6) is 0 Å². The lowest BCUT2D eigenvalue weighted by molar-refractivity contribution is -0.148. The van der Waals surface area contributed by atoms with Gasteiger partial charge in [0.15, 0.2) is 0 Å². The number of aliphatic hydroxyl groups excluding tert-OH is 1. The number of likely N-dealkylation sites (tertiary alicyclic amines) is 1. The molecule has 2 N–H and O–H groups in total. The molecule has 1 aromatic carbocycles. The lowest BCUT2D eigenvalue weighted by atomic mass is 10.0. The van der Waals surface area contributed by atoms with Gasteiger partial charge < -0.3 is 15.1 Å². The average molecular weight is 438 g/mol. The van der Waals surface area contributed by atoms with Gasteiger partial charge in [0, 0.05) is 19.4 Å². The molecule has 5 nitrogen and oxygen atoms in total. The Morgan fingerprint density at radius 3 is 2.55 bits per heavy atom. The van der Waals surface area contributed by atoms with Crippen LogP contribution >= 0.6 is 0 Å². The van der Waals surface area contributed by atoms with Crippen LogP contribution in [0.15, 0.2) is 42.5 Å². The first-order valence-electron chi connectivity index (χ1n) is 11.1. The topological polar surface area (TPSA) is 77.8 Å². The van der Waals surface area contributed by atoms with Crippen molar-refractivity contribution in [1.29, 1.82) is 0 Å². The molecule has 2 atom stereocenters. The number of nitrogens with zero attached hydrogens (tertiary/aromatic N) is 1. The van der Waals surface area contributed by atoms with E-state index in [1.165, 1.54) is 22.6 Å². The molecular weight excluding hydrogens is 404 g/mol. The number of carbonyl (C=O) groups is 2. The fraction of sp³-hybridized carbons (Fsp3) is 0.583. The number of amides is 1. The Morgan fingerprint density at radius 2 is 1.84 bits per heavy atom. The van der Waals surface area contributed by atoms with Crippen molar-refractivity contribution in [2.75, 3.05) is 6.54 Å². The van der Waals surface area contributed by atoms with E-state index in [4.69, 9.17) is 5.11 Å². The molecule has 0 radical (unpaired) electrons. The van der Waals surface area contributed by atoms with Crippen LogP contribution in [0.25, 0.3) is 0 Å². The van der Waals surface area contributed by atoms with Crippen LogP contribution in [-0.2, 0) is 16.0 Å². The number of benzene rings is 1. The average Bonchev–Trinajstić information content (AvgIpc) is 2.95. The number of unbranched alkanes of at least 4 members (excludes halogenated alkanes) is 4. The van der Waals surface area contributed by atoms with Crippen molar-refractivity contribution in [3.8, 4) is 0 Å². The van der Waals surface area contributed by atoms with E-state index >= 15 is 0 Å². The molecule has 1 aliphatic rings. The van der Waals surface area contributed by atoms with Crippen LogP contribution in [0.1, 0.15) is 63.4 Å². The number of aliphatic carboxylic acids is 1. The van der Waals surface area contributed by atoms with Gasteiger partial charge in [0.05, 0.1) is 12.1 Å². The molecule has 1 unspecified atom stereocenters. The molecule has 1 aromatic rings. The zero-order valence-corrected chi connectivity index (χ0v) is 17.9. The van der Waals surface area contributed by atoms with Crippen molar-refractivity contribution >= 4 is 11.9 Å².